The number of benzene rings is 1. The zero-order valence-corrected chi connectivity index (χ0v) is 10.2. The van der Waals surface area contributed by atoms with Crippen molar-refractivity contribution in [2.45, 2.75) is 25.2 Å². The lowest BCUT2D eigenvalue weighted by molar-refractivity contribution is -0.119. The summed E-state index contributed by atoms with van der Waals surface area (Å²) in [5.41, 5.74) is 0.882. The summed E-state index contributed by atoms with van der Waals surface area (Å²) in [5, 5.41) is 2.92. The summed E-state index contributed by atoms with van der Waals surface area (Å²) in [7, 11) is 0. The average Bonchev–Trinajstić information content (AvgIpc) is 2.28. The number of nitrogens with one attached hydrogen (secondary N) is 1. The third kappa shape index (κ3) is 3.59. The van der Waals surface area contributed by atoms with Gasteiger partial charge in [0.15, 0.2) is 0 Å². The van der Waals surface area contributed by atoms with Gasteiger partial charge in [-0.1, -0.05) is 19.9 Å². The fraction of sp³-hybridized carbons (Fsp3) is 0.417. The molecule has 0 unspecified atom stereocenters. The van der Waals surface area contributed by atoms with Crippen LogP contribution in [0.15, 0.2) is 29.2 Å². The van der Waals surface area contributed by atoms with Gasteiger partial charge in [0.1, 0.15) is 0 Å². The highest BCUT2D eigenvalue weighted by molar-refractivity contribution is 7.98. The Morgan fingerprint density at radius 3 is 2.87 bits per heavy atom. The maximum atomic E-state index is 11.6. The van der Waals surface area contributed by atoms with Gasteiger partial charge in [-0.3, -0.25) is 4.79 Å². The second kappa shape index (κ2) is 5.81. The molecule has 0 saturated carbocycles. The van der Waals surface area contributed by atoms with Crippen molar-refractivity contribution in [2.75, 3.05) is 11.6 Å². The topological polar surface area (TPSA) is 29.1 Å². The molecular weight excluding hydrogens is 206 g/mol. The van der Waals surface area contributed by atoms with E-state index >= 15 is 0 Å². The van der Waals surface area contributed by atoms with Crippen molar-refractivity contribution in [1.82, 2.24) is 0 Å². The van der Waals surface area contributed by atoms with Crippen molar-refractivity contribution in [3.05, 3.63) is 24.3 Å². The molecule has 1 atom stereocenters. The molecule has 0 aliphatic carbocycles. The summed E-state index contributed by atoms with van der Waals surface area (Å²) in [6.45, 7) is 3.95. The van der Waals surface area contributed by atoms with E-state index in [0.29, 0.717) is 0 Å². The summed E-state index contributed by atoms with van der Waals surface area (Å²) >= 11 is 1.67. The van der Waals surface area contributed by atoms with Crippen LogP contribution in [-0.2, 0) is 4.79 Å². The monoisotopic (exact) mass is 223 g/mol. The van der Waals surface area contributed by atoms with Gasteiger partial charge in [0.05, 0.1) is 0 Å². The number of hydrogen-bond acceptors (Lipinski definition) is 2. The number of hydrogen-bond donors (Lipinski definition) is 1. The van der Waals surface area contributed by atoms with E-state index in [1.165, 1.54) is 0 Å². The minimum atomic E-state index is 0.0722. The quantitative estimate of drug-likeness (QED) is 0.793. The predicted molar refractivity (Wildman–Crippen MR) is 66.3 cm³/mol. The maximum Gasteiger partial charge on any atom is 0.227 e. The molecule has 0 saturated heterocycles. The van der Waals surface area contributed by atoms with Gasteiger partial charge in [-0.2, -0.15) is 0 Å². The molecule has 0 radical (unpaired) electrons. The third-order valence-electron chi connectivity index (χ3n) is 2.40. The lowest BCUT2D eigenvalue weighted by Gasteiger charge is -2.10. The molecule has 3 heteroatoms. The van der Waals surface area contributed by atoms with Crippen LogP contribution in [0.2, 0.25) is 0 Å². The minimum absolute atomic E-state index is 0.0722. The molecule has 0 spiro atoms. The molecule has 0 fully saturated rings. The minimum Gasteiger partial charge on any atom is -0.326 e. The Bertz CT molecular complexity index is 338. The zero-order chi connectivity index (χ0) is 11.3. The summed E-state index contributed by atoms with van der Waals surface area (Å²) in [6.07, 6.45) is 2.89. The number of carbonyl (C=O) groups excluding carboxylic acids is 1. The van der Waals surface area contributed by atoms with Crippen LogP contribution in [0.25, 0.3) is 0 Å². The Balaban J connectivity index is 2.68. The molecule has 0 aliphatic rings. The highest BCUT2D eigenvalue weighted by Crippen LogP contribution is 2.19. The third-order valence-corrected chi connectivity index (χ3v) is 3.12. The van der Waals surface area contributed by atoms with Gasteiger partial charge in [0.25, 0.3) is 0 Å². The van der Waals surface area contributed by atoms with E-state index in [2.05, 4.69) is 5.32 Å². The summed E-state index contributed by atoms with van der Waals surface area (Å²) in [5.74, 6) is 0.165. The van der Waals surface area contributed by atoms with Gasteiger partial charge in [0.2, 0.25) is 5.91 Å². The van der Waals surface area contributed by atoms with E-state index in [-0.39, 0.29) is 11.8 Å². The maximum absolute atomic E-state index is 11.6. The van der Waals surface area contributed by atoms with Gasteiger partial charge in [0, 0.05) is 16.5 Å². The van der Waals surface area contributed by atoms with Gasteiger partial charge < -0.3 is 5.32 Å². The Morgan fingerprint density at radius 2 is 2.27 bits per heavy atom. The molecule has 15 heavy (non-hydrogen) atoms. The van der Waals surface area contributed by atoms with E-state index in [4.69, 9.17) is 0 Å². The fourth-order valence-corrected chi connectivity index (χ4v) is 1.61. The predicted octanol–water partition coefficient (Wildman–Crippen LogP) is 3.39. The summed E-state index contributed by atoms with van der Waals surface area (Å²) in [4.78, 5) is 12.8. The van der Waals surface area contributed by atoms with Gasteiger partial charge in [-0.05, 0) is 30.9 Å². The molecule has 1 rings (SSSR count). The van der Waals surface area contributed by atoms with Gasteiger partial charge in [-0.15, -0.1) is 11.8 Å². The molecule has 0 heterocycles. The van der Waals surface area contributed by atoms with Crippen molar-refractivity contribution in [1.29, 1.82) is 0 Å². The van der Waals surface area contributed by atoms with Crippen LogP contribution in [0.3, 0.4) is 0 Å². The van der Waals surface area contributed by atoms with Crippen molar-refractivity contribution >= 4 is 23.4 Å². The Labute approximate surface area is 95.5 Å². The van der Waals surface area contributed by atoms with Crippen LogP contribution >= 0.6 is 11.8 Å². The number of amides is 1. The number of carbonyl (C=O) groups is 1. The largest absolute Gasteiger partial charge is 0.326 e. The highest BCUT2D eigenvalue weighted by Gasteiger charge is 2.10. The Kier molecular flexibility index (Phi) is 4.69. The second-order valence-electron chi connectivity index (χ2n) is 3.53. The molecule has 1 aromatic carbocycles. The first-order chi connectivity index (χ1) is 7.17. The normalized spacial score (nSPS) is 12.2. The van der Waals surface area contributed by atoms with Crippen LogP contribution in [0, 0.1) is 5.92 Å². The fourth-order valence-electron chi connectivity index (χ4n) is 1.15. The van der Waals surface area contributed by atoms with Crippen molar-refractivity contribution < 1.29 is 4.79 Å². The van der Waals surface area contributed by atoms with Crippen LogP contribution in [0.5, 0.6) is 0 Å². The van der Waals surface area contributed by atoms with Crippen molar-refractivity contribution in [2.24, 2.45) is 5.92 Å². The van der Waals surface area contributed by atoms with Crippen molar-refractivity contribution in [3.8, 4) is 0 Å². The number of rotatable bonds is 4. The first kappa shape index (κ1) is 12.1. The molecule has 82 valence electrons. The van der Waals surface area contributed by atoms with E-state index < -0.39 is 0 Å². The molecule has 1 N–H and O–H groups in total. The van der Waals surface area contributed by atoms with E-state index in [1.54, 1.807) is 11.8 Å². The first-order valence-electron chi connectivity index (χ1n) is 5.12. The average molecular weight is 223 g/mol. The van der Waals surface area contributed by atoms with Gasteiger partial charge in [-0.25, -0.2) is 0 Å². The molecule has 0 aliphatic heterocycles. The number of thioether (sulfide) groups is 1. The van der Waals surface area contributed by atoms with Crippen LogP contribution < -0.4 is 5.32 Å². The molecule has 0 bridgehead atoms. The molecular formula is C12H17NOS. The van der Waals surface area contributed by atoms with Crippen LogP contribution in [0.1, 0.15) is 20.3 Å². The molecule has 1 aromatic rings. The van der Waals surface area contributed by atoms with Gasteiger partial charge >= 0.3 is 0 Å². The number of anilines is 1. The molecule has 1 amide bonds. The summed E-state index contributed by atoms with van der Waals surface area (Å²) in [6, 6.07) is 7.90. The van der Waals surface area contributed by atoms with E-state index in [0.717, 1.165) is 17.0 Å². The lowest BCUT2D eigenvalue weighted by atomic mass is 10.1. The lowest BCUT2D eigenvalue weighted by Crippen LogP contribution is -2.19. The first-order valence-corrected chi connectivity index (χ1v) is 6.34. The van der Waals surface area contributed by atoms with Crippen LogP contribution in [-0.4, -0.2) is 12.2 Å². The van der Waals surface area contributed by atoms with Crippen molar-refractivity contribution in [3.63, 3.8) is 0 Å². The zero-order valence-electron chi connectivity index (χ0n) is 9.41. The summed E-state index contributed by atoms with van der Waals surface area (Å²) < 4.78 is 0. The smallest absolute Gasteiger partial charge is 0.227 e. The van der Waals surface area contributed by atoms with E-state index in [1.807, 2.05) is 44.4 Å². The second-order valence-corrected chi connectivity index (χ2v) is 4.41. The standard InChI is InChI=1S/C12H17NOS/c1-4-9(2)12(14)13-10-6-5-7-11(8-10)15-3/h5-9H,4H2,1-3H3,(H,13,14)/t9-/m0/s1. The van der Waals surface area contributed by atoms with Crippen LogP contribution in [0.4, 0.5) is 5.69 Å². The molecule has 0 aromatic heterocycles. The Hall–Kier alpha value is -0.960. The SMILES string of the molecule is CC[C@H](C)C(=O)Nc1cccc(SC)c1. The Morgan fingerprint density at radius 1 is 1.53 bits per heavy atom. The highest BCUT2D eigenvalue weighted by atomic mass is 32.2. The molecule has 2 nitrogen and oxygen atoms in total. The van der Waals surface area contributed by atoms with E-state index in [9.17, 15) is 4.79 Å².